The van der Waals surface area contributed by atoms with Gasteiger partial charge in [0.25, 0.3) is 0 Å². The largest absolute Gasteiger partial charge is 0.307 e. The summed E-state index contributed by atoms with van der Waals surface area (Å²) in [6.45, 7) is 2.00. The summed E-state index contributed by atoms with van der Waals surface area (Å²) >= 11 is 0. The molecule has 6 heteroatoms. The number of halogens is 1. The Hall–Kier alpha value is -5.15. The maximum absolute atomic E-state index is 8.00. The summed E-state index contributed by atoms with van der Waals surface area (Å²) in [5.74, 6) is 0. The predicted molar refractivity (Wildman–Crippen MR) is 270 cm³/mol. The van der Waals surface area contributed by atoms with Crippen LogP contribution in [0.2, 0.25) is 0 Å². The Balaban J connectivity index is 0.000000194. The molecule has 0 aliphatic heterocycles. The van der Waals surface area contributed by atoms with E-state index in [9.17, 15) is 0 Å². The van der Waals surface area contributed by atoms with Gasteiger partial charge in [-0.3, -0.25) is 0 Å². The van der Waals surface area contributed by atoms with Crippen molar-refractivity contribution in [2.24, 2.45) is 0 Å². The molecule has 9 aromatic carbocycles. The number of hydrogen-bond donors (Lipinski definition) is 0. The Morgan fingerprint density at radius 1 is 0.197 bits per heavy atom. The van der Waals surface area contributed by atoms with Gasteiger partial charge in [-0.2, -0.15) is 0 Å². The molecule has 0 spiro atoms. The molecule has 0 bridgehead atoms. The molecule has 0 saturated heterocycles. The first-order valence-corrected chi connectivity index (χ1v) is 23.5. The van der Waals surface area contributed by atoms with E-state index in [4.69, 9.17) is 4.79 Å². The van der Waals surface area contributed by atoms with Crippen molar-refractivity contribution < 1.29 is 24.3 Å². The fraction of sp³-hybridized carbons (Fsp3) is 0. The van der Waals surface area contributed by atoms with Gasteiger partial charge in [0.1, 0.15) is 6.79 Å². The third-order valence-electron chi connectivity index (χ3n) is 9.13. The topological polar surface area (TPSA) is 17.1 Å². The second-order valence-electron chi connectivity index (χ2n) is 13.0. The van der Waals surface area contributed by atoms with Crippen LogP contribution < -0.4 is 47.7 Å². The minimum absolute atomic E-state index is 0. The molecular weight excluding hydrogens is 906 g/mol. The molecule has 0 aliphatic rings. The van der Waals surface area contributed by atoms with Gasteiger partial charge in [0, 0.05) is 19.5 Å². The molecule has 0 heterocycles. The van der Waals surface area contributed by atoms with E-state index in [-0.39, 0.29) is 31.9 Å². The third-order valence-corrected chi connectivity index (χ3v) is 16.5. The Labute approximate surface area is 385 Å². The van der Waals surface area contributed by atoms with Crippen LogP contribution in [0.4, 0.5) is 0 Å². The molecule has 9 aromatic rings. The van der Waals surface area contributed by atoms with Crippen molar-refractivity contribution in [2.45, 2.75) is 0 Å². The van der Waals surface area contributed by atoms with Crippen molar-refractivity contribution in [1.82, 2.24) is 0 Å². The van der Waals surface area contributed by atoms with Crippen molar-refractivity contribution in [3.63, 3.8) is 0 Å². The van der Waals surface area contributed by atoms with Crippen molar-refractivity contribution in [2.75, 3.05) is 0 Å². The van der Waals surface area contributed by atoms with Crippen molar-refractivity contribution >= 4 is 90.7 Å². The molecule has 0 atom stereocenters. The van der Waals surface area contributed by atoms with E-state index in [1.807, 2.05) is 6.79 Å². The van der Waals surface area contributed by atoms with Crippen LogP contribution in [0, 0.1) is 0 Å². The van der Waals surface area contributed by atoms with Crippen LogP contribution in [0.15, 0.2) is 273 Å². The molecular formula is C55H48ClOP3Ru. The zero-order valence-corrected chi connectivity index (χ0v) is 38.9. The summed E-state index contributed by atoms with van der Waals surface area (Å²) in [5.41, 5.74) is 0. The second-order valence-corrected chi connectivity index (χ2v) is 19.7. The Morgan fingerprint density at radius 3 is 0.361 bits per heavy atom. The summed E-state index contributed by atoms with van der Waals surface area (Å²) < 4.78 is 0. The Kier molecular flexibility index (Phi) is 22.0. The molecule has 0 radical (unpaired) electrons. The number of carbonyl (C=O) groups excluding carboxylic acids is 1. The monoisotopic (exact) mass is 954 g/mol. The molecule has 0 saturated carbocycles. The average molecular weight is 954 g/mol. The van der Waals surface area contributed by atoms with E-state index >= 15 is 0 Å². The first kappa shape index (κ1) is 48.5. The van der Waals surface area contributed by atoms with Crippen molar-refractivity contribution in [1.29, 1.82) is 0 Å². The summed E-state index contributed by atoms with van der Waals surface area (Å²) in [6.07, 6.45) is 0. The van der Waals surface area contributed by atoms with E-state index < -0.39 is 23.8 Å². The van der Waals surface area contributed by atoms with Crippen LogP contribution >= 0.6 is 36.2 Å². The second kappa shape index (κ2) is 27.6. The average Bonchev–Trinajstić information content (AvgIpc) is 3.34. The first-order valence-electron chi connectivity index (χ1n) is 19.5. The molecule has 61 heavy (non-hydrogen) atoms. The van der Waals surface area contributed by atoms with Crippen molar-refractivity contribution in [3.8, 4) is 0 Å². The smallest absolute Gasteiger partial charge is 0.106 e. The van der Waals surface area contributed by atoms with Crippen LogP contribution in [0.3, 0.4) is 0 Å². The fourth-order valence-electron chi connectivity index (χ4n) is 6.54. The van der Waals surface area contributed by atoms with Crippen molar-refractivity contribution in [3.05, 3.63) is 273 Å². The molecule has 0 amide bonds. The summed E-state index contributed by atoms with van der Waals surface area (Å²) in [4.78, 5) is 8.00. The van der Waals surface area contributed by atoms with E-state index in [1.165, 1.54) is 47.7 Å². The van der Waals surface area contributed by atoms with E-state index in [1.54, 1.807) is 0 Å². The SMILES string of the molecule is C=O.Cl.[Ru].c1ccc(P(c2ccccc2)c2ccccc2)cc1.c1ccc(P(c2ccccc2)c2ccccc2)cc1.c1ccc(P(c2ccccc2)c2ccccc2)cc1. The number of rotatable bonds is 9. The minimum atomic E-state index is -0.446. The van der Waals surface area contributed by atoms with Gasteiger partial charge in [0.15, 0.2) is 0 Å². The molecule has 0 aliphatic carbocycles. The Bertz CT molecular complexity index is 1890. The normalized spacial score (nSPS) is 9.95. The molecule has 9 rings (SSSR count). The molecule has 1 nitrogen and oxygen atoms in total. The third kappa shape index (κ3) is 14.5. The molecule has 0 aromatic heterocycles. The van der Waals surface area contributed by atoms with Gasteiger partial charge in [-0.05, 0) is 71.5 Å². The van der Waals surface area contributed by atoms with Gasteiger partial charge < -0.3 is 4.79 Å². The van der Waals surface area contributed by atoms with E-state index in [2.05, 4.69) is 273 Å². The summed E-state index contributed by atoms with van der Waals surface area (Å²) in [6, 6.07) is 97.0. The Morgan fingerprint density at radius 2 is 0.279 bits per heavy atom. The summed E-state index contributed by atoms with van der Waals surface area (Å²) in [7, 11) is -1.34. The van der Waals surface area contributed by atoms with Gasteiger partial charge in [0.2, 0.25) is 0 Å². The molecule has 304 valence electrons. The zero-order valence-electron chi connectivity index (χ0n) is 33.7. The zero-order chi connectivity index (χ0) is 40.7. The number of benzene rings is 9. The summed E-state index contributed by atoms with van der Waals surface area (Å²) in [5, 5.41) is 12.6. The maximum Gasteiger partial charge on any atom is 0.106 e. The van der Waals surface area contributed by atoms with Gasteiger partial charge in [-0.25, -0.2) is 0 Å². The maximum atomic E-state index is 8.00. The van der Waals surface area contributed by atoms with Gasteiger partial charge in [-0.1, -0.05) is 273 Å². The minimum Gasteiger partial charge on any atom is -0.307 e. The van der Waals surface area contributed by atoms with Crippen LogP contribution in [0.1, 0.15) is 0 Å². The quantitative estimate of drug-likeness (QED) is 0.104. The van der Waals surface area contributed by atoms with Gasteiger partial charge >= 0.3 is 0 Å². The van der Waals surface area contributed by atoms with Gasteiger partial charge in [-0.15, -0.1) is 12.4 Å². The molecule has 0 unspecified atom stereocenters. The fourth-order valence-corrected chi connectivity index (χ4v) is 13.5. The van der Waals surface area contributed by atoms with E-state index in [0.717, 1.165) is 0 Å². The van der Waals surface area contributed by atoms with Crippen LogP contribution in [-0.4, -0.2) is 6.79 Å². The van der Waals surface area contributed by atoms with Crippen LogP contribution in [0.25, 0.3) is 0 Å². The first-order chi connectivity index (χ1) is 29.3. The number of hydrogen-bond acceptors (Lipinski definition) is 1. The van der Waals surface area contributed by atoms with Crippen LogP contribution in [-0.2, 0) is 24.3 Å². The standard InChI is InChI=1S/3C18H15P.CH2O.ClH.Ru/c3*1-4-10-16(11-5-1)19(17-12-6-2-7-13-17)18-14-8-3-9-15-18;1-2;;/h3*1-15H;1H2;1H;. The van der Waals surface area contributed by atoms with Gasteiger partial charge in [0.05, 0.1) is 0 Å². The number of carbonyl (C=O) groups is 1. The molecule has 0 fully saturated rings. The predicted octanol–water partition coefficient (Wildman–Crippen LogP) is 10.6. The van der Waals surface area contributed by atoms with Crippen LogP contribution in [0.5, 0.6) is 0 Å². The molecule has 0 N–H and O–H groups in total. The van der Waals surface area contributed by atoms with E-state index in [0.29, 0.717) is 0 Å².